The van der Waals surface area contributed by atoms with Crippen LogP contribution in [-0.2, 0) is 0 Å². The Hall–Kier alpha value is -2.02. The Bertz CT molecular complexity index is 569. The molecule has 0 spiro atoms. The van der Waals surface area contributed by atoms with Crippen molar-refractivity contribution in [1.82, 2.24) is 20.3 Å². The average Bonchev–Trinajstić information content (AvgIpc) is 2.97. The van der Waals surface area contributed by atoms with E-state index in [0.717, 1.165) is 25.7 Å². The molecule has 2 aromatic heterocycles. The van der Waals surface area contributed by atoms with Crippen LogP contribution in [-0.4, -0.2) is 38.7 Å². The normalized spacial score (nSPS) is 22.7. The average molecular weight is 276 g/mol. The second-order valence-corrected chi connectivity index (χ2v) is 4.88. The van der Waals surface area contributed by atoms with Crippen LogP contribution < -0.4 is 4.74 Å². The molecule has 7 nitrogen and oxygen atoms in total. The molecule has 1 N–H and O–H groups in total. The van der Waals surface area contributed by atoms with Crippen molar-refractivity contribution in [2.45, 2.75) is 37.7 Å². The SMILES string of the molecule is COc1ccc(-c2noc(C3CCCCC3O)n2)nn1. The smallest absolute Gasteiger partial charge is 0.233 e. The van der Waals surface area contributed by atoms with E-state index in [1.807, 2.05) is 0 Å². The number of aliphatic hydroxyl groups excluding tert-OH is 1. The summed E-state index contributed by atoms with van der Waals surface area (Å²) in [6, 6.07) is 3.41. The van der Waals surface area contributed by atoms with Gasteiger partial charge in [-0.3, -0.25) is 0 Å². The van der Waals surface area contributed by atoms with Crippen LogP contribution in [0.2, 0.25) is 0 Å². The quantitative estimate of drug-likeness (QED) is 0.908. The molecule has 2 aromatic rings. The molecule has 7 heteroatoms. The van der Waals surface area contributed by atoms with Gasteiger partial charge in [0.15, 0.2) is 0 Å². The third-order valence-electron chi connectivity index (χ3n) is 3.57. The molecule has 0 amide bonds. The second kappa shape index (κ2) is 5.54. The number of hydrogen-bond acceptors (Lipinski definition) is 7. The highest BCUT2D eigenvalue weighted by molar-refractivity contribution is 5.47. The summed E-state index contributed by atoms with van der Waals surface area (Å²) >= 11 is 0. The van der Waals surface area contributed by atoms with E-state index < -0.39 is 6.10 Å². The zero-order chi connectivity index (χ0) is 13.9. The molecule has 2 unspecified atom stereocenters. The highest BCUT2D eigenvalue weighted by Gasteiger charge is 2.29. The Balaban J connectivity index is 1.81. The van der Waals surface area contributed by atoms with Crippen LogP contribution in [0.4, 0.5) is 0 Å². The fourth-order valence-electron chi connectivity index (χ4n) is 2.44. The number of hydrogen-bond donors (Lipinski definition) is 1. The molecule has 20 heavy (non-hydrogen) atoms. The zero-order valence-electron chi connectivity index (χ0n) is 11.2. The predicted molar refractivity (Wildman–Crippen MR) is 69.1 cm³/mol. The van der Waals surface area contributed by atoms with Crippen molar-refractivity contribution in [3.8, 4) is 17.4 Å². The molecule has 0 aliphatic heterocycles. The van der Waals surface area contributed by atoms with Gasteiger partial charge >= 0.3 is 0 Å². The first kappa shape index (κ1) is 13.0. The van der Waals surface area contributed by atoms with Gasteiger partial charge in [-0.2, -0.15) is 4.98 Å². The van der Waals surface area contributed by atoms with Crippen molar-refractivity contribution in [3.05, 3.63) is 18.0 Å². The molecule has 106 valence electrons. The van der Waals surface area contributed by atoms with E-state index in [2.05, 4.69) is 20.3 Å². The van der Waals surface area contributed by atoms with Gasteiger partial charge in [0.1, 0.15) is 5.69 Å². The van der Waals surface area contributed by atoms with E-state index in [0.29, 0.717) is 23.3 Å². The fourth-order valence-corrected chi connectivity index (χ4v) is 2.44. The van der Waals surface area contributed by atoms with Gasteiger partial charge in [0.25, 0.3) is 0 Å². The number of nitrogens with zero attached hydrogens (tertiary/aromatic N) is 4. The van der Waals surface area contributed by atoms with Gasteiger partial charge in [-0.1, -0.05) is 18.0 Å². The van der Waals surface area contributed by atoms with E-state index in [9.17, 15) is 5.11 Å². The van der Waals surface area contributed by atoms with Gasteiger partial charge in [0.05, 0.1) is 19.1 Å². The van der Waals surface area contributed by atoms with Crippen LogP contribution in [0.5, 0.6) is 5.88 Å². The number of rotatable bonds is 3. The van der Waals surface area contributed by atoms with Crippen LogP contribution in [0.15, 0.2) is 16.7 Å². The van der Waals surface area contributed by atoms with Crippen LogP contribution >= 0.6 is 0 Å². The van der Waals surface area contributed by atoms with Crippen LogP contribution in [0.3, 0.4) is 0 Å². The van der Waals surface area contributed by atoms with Crippen LogP contribution in [0.25, 0.3) is 11.5 Å². The second-order valence-electron chi connectivity index (χ2n) is 4.88. The zero-order valence-corrected chi connectivity index (χ0v) is 11.2. The standard InChI is InChI=1S/C13H16N4O3/c1-19-11-7-6-9(15-16-11)12-14-13(20-17-12)8-4-2-3-5-10(8)18/h6-8,10,18H,2-5H2,1H3. The van der Waals surface area contributed by atoms with E-state index >= 15 is 0 Å². The summed E-state index contributed by atoms with van der Waals surface area (Å²) in [5.41, 5.74) is 0.520. The summed E-state index contributed by atoms with van der Waals surface area (Å²) in [7, 11) is 1.53. The van der Waals surface area contributed by atoms with Gasteiger partial charge in [-0.05, 0) is 18.9 Å². The highest BCUT2D eigenvalue weighted by atomic mass is 16.5. The van der Waals surface area contributed by atoms with Gasteiger partial charge < -0.3 is 14.4 Å². The minimum Gasteiger partial charge on any atom is -0.480 e. The minimum atomic E-state index is -0.404. The lowest BCUT2D eigenvalue weighted by Crippen LogP contribution is -2.22. The van der Waals surface area contributed by atoms with Gasteiger partial charge in [0, 0.05) is 6.07 Å². The first-order valence-corrected chi connectivity index (χ1v) is 6.67. The molecule has 2 atom stereocenters. The third-order valence-corrected chi connectivity index (χ3v) is 3.57. The van der Waals surface area contributed by atoms with Crippen LogP contribution in [0.1, 0.15) is 37.5 Å². The molecule has 2 heterocycles. The van der Waals surface area contributed by atoms with Gasteiger partial charge in [-0.25, -0.2) is 0 Å². The Morgan fingerprint density at radius 2 is 2.10 bits per heavy atom. The molecule has 1 aliphatic rings. The third kappa shape index (κ3) is 2.49. The van der Waals surface area contributed by atoms with Gasteiger partial charge in [0.2, 0.25) is 17.6 Å². The molecule has 0 saturated heterocycles. The topological polar surface area (TPSA) is 94.2 Å². The molecular formula is C13H16N4O3. The minimum absolute atomic E-state index is 0.0730. The van der Waals surface area contributed by atoms with Gasteiger partial charge in [-0.15, -0.1) is 10.2 Å². The lowest BCUT2D eigenvalue weighted by molar-refractivity contribution is 0.0908. The maximum atomic E-state index is 10.00. The predicted octanol–water partition coefficient (Wildman–Crippen LogP) is 1.55. The summed E-state index contributed by atoms with van der Waals surface area (Å²) < 4.78 is 10.2. The van der Waals surface area contributed by atoms with E-state index in [-0.39, 0.29) is 5.92 Å². The molecular weight excluding hydrogens is 260 g/mol. The number of methoxy groups -OCH3 is 1. The number of aromatic nitrogens is 4. The summed E-state index contributed by atoms with van der Waals surface area (Å²) in [6.07, 6.45) is 3.37. The van der Waals surface area contributed by atoms with Crippen LogP contribution in [0, 0.1) is 0 Å². The summed E-state index contributed by atoms with van der Waals surface area (Å²) in [5, 5.41) is 21.8. The largest absolute Gasteiger partial charge is 0.480 e. The molecule has 3 rings (SSSR count). The molecule has 1 fully saturated rings. The number of ether oxygens (including phenoxy) is 1. The Morgan fingerprint density at radius 1 is 1.25 bits per heavy atom. The highest BCUT2D eigenvalue weighted by Crippen LogP contribution is 2.32. The monoisotopic (exact) mass is 276 g/mol. The van der Waals surface area contributed by atoms with Crippen molar-refractivity contribution < 1.29 is 14.4 Å². The molecule has 0 radical (unpaired) electrons. The Labute approximate surface area is 116 Å². The number of aliphatic hydroxyl groups is 1. The van der Waals surface area contributed by atoms with Crippen molar-refractivity contribution in [2.75, 3.05) is 7.11 Å². The molecule has 0 bridgehead atoms. The van der Waals surface area contributed by atoms with E-state index in [1.165, 1.54) is 7.11 Å². The Kier molecular flexibility index (Phi) is 3.60. The van der Waals surface area contributed by atoms with Crippen molar-refractivity contribution in [2.24, 2.45) is 0 Å². The maximum absolute atomic E-state index is 10.00. The summed E-state index contributed by atoms with van der Waals surface area (Å²) in [5.74, 6) is 1.22. The Morgan fingerprint density at radius 3 is 2.80 bits per heavy atom. The molecule has 1 saturated carbocycles. The first-order chi connectivity index (χ1) is 9.78. The lowest BCUT2D eigenvalue weighted by atomic mass is 9.86. The molecule has 1 aliphatic carbocycles. The lowest BCUT2D eigenvalue weighted by Gasteiger charge is -2.24. The maximum Gasteiger partial charge on any atom is 0.233 e. The molecule has 0 aromatic carbocycles. The van der Waals surface area contributed by atoms with Crippen molar-refractivity contribution >= 4 is 0 Å². The summed E-state index contributed by atoms with van der Waals surface area (Å²) in [6.45, 7) is 0. The van der Waals surface area contributed by atoms with E-state index in [1.54, 1.807) is 12.1 Å². The van der Waals surface area contributed by atoms with Crippen molar-refractivity contribution in [3.63, 3.8) is 0 Å². The fraction of sp³-hybridized carbons (Fsp3) is 0.538. The van der Waals surface area contributed by atoms with E-state index in [4.69, 9.17) is 9.26 Å². The van der Waals surface area contributed by atoms with Crippen molar-refractivity contribution in [1.29, 1.82) is 0 Å². The first-order valence-electron chi connectivity index (χ1n) is 6.67. The summed E-state index contributed by atoms with van der Waals surface area (Å²) in [4.78, 5) is 4.33.